The molecule has 132 valence electrons. The van der Waals surface area contributed by atoms with E-state index >= 15 is 0 Å². The highest BCUT2D eigenvalue weighted by molar-refractivity contribution is 6.06. The van der Waals surface area contributed by atoms with Crippen molar-refractivity contribution in [1.29, 1.82) is 0 Å². The van der Waals surface area contributed by atoms with E-state index in [0.717, 1.165) is 0 Å². The summed E-state index contributed by atoms with van der Waals surface area (Å²) in [4.78, 5) is 41.4. The number of aromatic amines is 1. The Balaban J connectivity index is 3.20. The molecule has 0 aliphatic carbocycles. The van der Waals surface area contributed by atoms with Crippen molar-refractivity contribution in [3.63, 3.8) is 0 Å². The first kappa shape index (κ1) is 19.7. The van der Waals surface area contributed by atoms with Gasteiger partial charge in [0.05, 0.1) is 12.6 Å². The molecule has 1 aromatic rings. The molecule has 24 heavy (non-hydrogen) atoms. The number of H-pyrrole nitrogens is 1. The van der Waals surface area contributed by atoms with E-state index in [1.807, 2.05) is 0 Å². The number of nitrogens with one attached hydrogen (secondary N) is 1. The monoisotopic (exact) mass is 334 g/mol. The first-order valence-corrected chi connectivity index (χ1v) is 8.10. The Kier molecular flexibility index (Phi) is 6.95. The molecule has 1 aromatic heterocycles. The highest BCUT2D eigenvalue weighted by Gasteiger charge is 2.30. The second-order valence-corrected chi connectivity index (χ2v) is 5.57. The predicted molar refractivity (Wildman–Crippen MR) is 92.2 cm³/mol. The lowest BCUT2D eigenvalue weighted by Crippen LogP contribution is -2.43. The number of Topliss-reactive ketones (excluding diaryl/α,β-unsaturated/α-hetero) is 1. The van der Waals surface area contributed by atoms with Gasteiger partial charge in [-0.3, -0.25) is 9.59 Å². The average Bonchev–Trinajstić information content (AvgIpc) is 2.85. The van der Waals surface area contributed by atoms with Crippen molar-refractivity contribution >= 4 is 17.7 Å². The Morgan fingerprint density at radius 2 is 1.92 bits per heavy atom. The topological polar surface area (TPSA) is 79.5 Å². The molecule has 1 rings (SSSR count). The van der Waals surface area contributed by atoms with E-state index in [1.54, 1.807) is 40.7 Å². The number of esters is 1. The summed E-state index contributed by atoms with van der Waals surface area (Å²) in [6.45, 7) is 12.8. The molecule has 0 aliphatic rings. The lowest BCUT2D eigenvalue weighted by Gasteiger charge is -2.27. The number of hydrogen-bond acceptors (Lipinski definition) is 4. The number of aryl methyl sites for hydroxylation is 1. The van der Waals surface area contributed by atoms with Crippen molar-refractivity contribution in [2.75, 3.05) is 13.2 Å². The molecule has 0 radical (unpaired) electrons. The molecule has 0 spiro atoms. The fourth-order valence-electron chi connectivity index (χ4n) is 2.70. The second-order valence-electron chi connectivity index (χ2n) is 5.57. The van der Waals surface area contributed by atoms with Gasteiger partial charge in [-0.2, -0.15) is 0 Å². The number of nitrogens with zero attached hydrogens (tertiary/aromatic N) is 1. The fourth-order valence-corrected chi connectivity index (χ4v) is 2.70. The normalized spacial score (nSPS) is 11.7. The molecule has 1 amide bonds. The summed E-state index contributed by atoms with van der Waals surface area (Å²) >= 11 is 0. The van der Waals surface area contributed by atoms with Gasteiger partial charge in [0, 0.05) is 24.2 Å². The van der Waals surface area contributed by atoms with Gasteiger partial charge in [0.15, 0.2) is 5.78 Å². The maximum atomic E-state index is 12.9. The lowest BCUT2D eigenvalue weighted by atomic mass is 9.99. The Morgan fingerprint density at radius 1 is 1.29 bits per heavy atom. The van der Waals surface area contributed by atoms with Crippen molar-refractivity contribution in [2.45, 2.75) is 47.1 Å². The first-order valence-electron chi connectivity index (χ1n) is 8.10. The fraction of sp³-hybridized carbons (Fsp3) is 0.500. The molecule has 0 fully saturated rings. The van der Waals surface area contributed by atoms with Gasteiger partial charge in [-0.15, -0.1) is 6.58 Å². The van der Waals surface area contributed by atoms with Crippen LogP contribution in [0.4, 0.5) is 0 Å². The van der Waals surface area contributed by atoms with Gasteiger partial charge < -0.3 is 14.6 Å². The molecular formula is C18H26N2O4. The maximum Gasteiger partial charge on any atom is 0.355 e. The minimum absolute atomic E-state index is 0.118. The average molecular weight is 334 g/mol. The number of aromatic nitrogens is 1. The molecular weight excluding hydrogens is 308 g/mol. The van der Waals surface area contributed by atoms with Crippen LogP contribution in [0.25, 0.3) is 0 Å². The van der Waals surface area contributed by atoms with Crippen LogP contribution in [0.1, 0.15) is 59.3 Å². The van der Waals surface area contributed by atoms with Gasteiger partial charge >= 0.3 is 5.97 Å². The molecule has 0 saturated carbocycles. The van der Waals surface area contributed by atoms with Crippen LogP contribution in [0, 0.1) is 13.8 Å². The standard InChI is InChI=1S/C18H26N2O4/c1-7-10-20(14(21)8-2)13(6)17(22)15-11(4)16(19-12(15)5)18(23)24-9-3/h7,13,19H,1,8-10H2,2-6H3. The quantitative estimate of drug-likeness (QED) is 0.450. The van der Waals surface area contributed by atoms with Crippen LogP contribution in [-0.4, -0.2) is 46.7 Å². The molecule has 0 bridgehead atoms. The SMILES string of the molecule is C=CCN(C(=O)CC)C(C)C(=O)c1c(C)[nH]c(C(=O)OCC)c1C. The van der Waals surface area contributed by atoms with Crippen molar-refractivity contribution in [2.24, 2.45) is 0 Å². The third-order valence-corrected chi connectivity index (χ3v) is 3.96. The third-order valence-electron chi connectivity index (χ3n) is 3.96. The number of rotatable bonds is 8. The third kappa shape index (κ3) is 3.93. The largest absolute Gasteiger partial charge is 0.461 e. The van der Waals surface area contributed by atoms with Crippen LogP contribution in [-0.2, 0) is 9.53 Å². The summed E-state index contributed by atoms with van der Waals surface area (Å²) < 4.78 is 5.00. The summed E-state index contributed by atoms with van der Waals surface area (Å²) in [6, 6.07) is -0.640. The van der Waals surface area contributed by atoms with E-state index in [4.69, 9.17) is 4.74 Å². The Bertz CT molecular complexity index is 646. The number of ether oxygens (including phenoxy) is 1. The van der Waals surface area contributed by atoms with Crippen molar-refractivity contribution in [1.82, 2.24) is 9.88 Å². The predicted octanol–water partition coefficient (Wildman–Crippen LogP) is 2.80. The minimum Gasteiger partial charge on any atom is -0.461 e. The molecule has 1 N–H and O–H groups in total. The number of ketones is 1. The van der Waals surface area contributed by atoms with Crippen LogP contribution in [0.5, 0.6) is 0 Å². The van der Waals surface area contributed by atoms with Gasteiger partial charge in [0.25, 0.3) is 0 Å². The van der Waals surface area contributed by atoms with E-state index in [1.165, 1.54) is 4.90 Å². The summed E-state index contributed by atoms with van der Waals surface area (Å²) in [5.41, 5.74) is 1.85. The van der Waals surface area contributed by atoms with Crippen LogP contribution in [0.2, 0.25) is 0 Å². The molecule has 0 aliphatic heterocycles. The Labute approximate surface area is 142 Å². The zero-order chi connectivity index (χ0) is 18.4. The maximum absolute atomic E-state index is 12.9. The molecule has 6 heteroatoms. The molecule has 0 saturated heterocycles. The number of hydrogen-bond donors (Lipinski definition) is 1. The van der Waals surface area contributed by atoms with Crippen molar-refractivity contribution < 1.29 is 19.1 Å². The van der Waals surface area contributed by atoms with Crippen LogP contribution < -0.4 is 0 Å². The van der Waals surface area contributed by atoms with Gasteiger partial charge in [0.1, 0.15) is 5.69 Å². The summed E-state index contributed by atoms with van der Waals surface area (Å²) in [7, 11) is 0. The second kappa shape index (κ2) is 8.47. The van der Waals surface area contributed by atoms with Crippen LogP contribution >= 0.6 is 0 Å². The van der Waals surface area contributed by atoms with Crippen molar-refractivity contribution in [3.05, 3.63) is 35.2 Å². The van der Waals surface area contributed by atoms with E-state index in [2.05, 4.69) is 11.6 Å². The van der Waals surface area contributed by atoms with Gasteiger partial charge in [0.2, 0.25) is 5.91 Å². The number of carbonyl (C=O) groups is 3. The summed E-state index contributed by atoms with van der Waals surface area (Å²) in [5.74, 6) is -0.815. The van der Waals surface area contributed by atoms with Gasteiger partial charge in [-0.25, -0.2) is 4.79 Å². The Morgan fingerprint density at radius 3 is 2.42 bits per heavy atom. The van der Waals surface area contributed by atoms with E-state index in [-0.39, 0.29) is 24.0 Å². The number of carbonyl (C=O) groups excluding carboxylic acids is 3. The Hall–Kier alpha value is -2.37. The summed E-state index contributed by atoms with van der Waals surface area (Å²) in [5, 5.41) is 0. The highest BCUT2D eigenvalue weighted by Crippen LogP contribution is 2.22. The van der Waals surface area contributed by atoms with Crippen LogP contribution in [0.3, 0.4) is 0 Å². The number of amides is 1. The molecule has 1 unspecified atom stereocenters. The molecule has 1 heterocycles. The zero-order valence-corrected chi connectivity index (χ0v) is 15.1. The highest BCUT2D eigenvalue weighted by atomic mass is 16.5. The van der Waals surface area contributed by atoms with E-state index in [9.17, 15) is 14.4 Å². The van der Waals surface area contributed by atoms with Gasteiger partial charge in [-0.05, 0) is 33.3 Å². The molecule has 0 aromatic carbocycles. The first-order chi connectivity index (χ1) is 11.3. The van der Waals surface area contributed by atoms with E-state index in [0.29, 0.717) is 29.8 Å². The molecule has 1 atom stereocenters. The van der Waals surface area contributed by atoms with E-state index < -0.39 is 12.0 Å². The lowest BCUT2D eigenvalue weighted by molar-refractivity contribution is -0.131. The minimum atomic E-state index is -0.640. The zero-order valence-electron chi connectivity index (χ0n) is 15.1. The summed E-state index contributed by atoms with van der Waals surface area (Å²) in [6.07, 6.45) is 1.91. The van der Waals surface area contributed by atoms with Crippen LogP contribution in [0.15, 0.2) is 12.7 Å². The van der Waals surface area contributed by atoms with Crippen molar-refractivity contribution in [3.8, 4) is 0 Å². The smallest absolute Gasteiger partial charge is 0.355 e. The molecule has 6 nitrogen and oxygen atoms in total. The van der Waals surface area contributed by atoms with Gasteiger partial charge in [-0.1, -0.05) is 13.0 Å².